The van der Waals surface area contributed by atoms with Crippen LogP contribution in [0.25, 0.3) is 0 Å². The van der Waals surface area contributed by atoms with E-state index >= 15 is 0 Å². The van der Waals surface area contributed by atoms with Crippen LogP contribution in [0.1, 0.15) is 47.6 Å². The highest BCUT2D eigenvalue weighted by atomic mass is 32.1. The molecule has 1 aromatic rings. The average Bonchev–Trinajstić information content (AvgIpc) is 2.68. The minimum Gasteiger partial charge on any atom is -0.364 e. The molecule has 0 radical (unpaired) electrons. The fourth-order valence-corrected chi connectivity index (χ4v) is 2.88. The third kappa shape index (κ3) is 2.78. The normalized spacial score (nSPS) is 17.9. The van der Waals surface area contributed by atoms with Crippen LogP contribution in [0.2, 0.25) is 0 Å². The van der Waals surface area contributed by atoms with Crippen LogP contribution in [0, 0.1) is 5.92 Å². The first-order valence-corrected chi connectivity index (χ1v) is 6.38. The Kier molecular flexibility index (Phi) is 3.36. The fraction of sp³-hybridized carbons (Fsp3) is 0.636. The van der Waals surface area contributed by atoms with Gasteiger partial charge < -0.3 is 5.73 Å². The molecule has 4 heteroatoms. The van der Waals surface area contributed by atoms with Crippen LogP contribution in [0.3, 0.4) is 0 Å². The van der Waals surface area contributed by atoms with E-state index in [2.05, 4.69) is 4.98 Å². The van der Waals surface area contributed by atoms with Crippen molar-refractivity contribution in [3.05, 3.63) is 16.1 Å². The van der Waals surface area contributed by atoms with Crippen molar-refractivity contribution in [1.82, 2.24) is 4.98 Å². The summed E-state index contributed by atoms with van der Waals surface area (Å²) in [5.74, 6) is 0.358. The van der Waals surface area contributed by atoms with Gasteiger partial charge in [0.05, 0.1) is 5.69 Å². The van der Waals surface area contributed by atoms with Crippen molar-refractivity contribution in [2.45, 2.75) is 38.5 Å². The number of primary amides is 1. The van der Waals surface area contributed by atoms with Crippen LogP contribution in [0.15, 0.2) is 5.38 Å². The molecular weight excluding hydrogens is 208 g/mol. The van der Waals surface area contributed by atoms with Crippen LogP contribution < -0.4 is 5.73 Å². The van der Waals surface area contributed by atoms with Crippen molar-refractivity contribution >= 4 is 17.2 Å². The molecule has 0 spiro atoms. The maximum Gasteiger partial charge on any atom is 0.277 e. The summed E-state index contributed by atoms with van der Waals surface area (Å²) >= 11 is 1.36. The molecule has 2 rings (SSSR count). The molecule has 1 aliphatic rings. The Labute approximate surface area is 93.7 Å². The second-order valence-corrected chi connectivity index (χ2v) is 5.07. The van der Waals surface area contributed by atoms with Gasteiger partial charge in [-0.2, -0.15) is 0 Å². The molecule has 2 N–H and O–H groups in total. The van der Waals surface area contributed by atoms with E-state index in [1.165, 1.54) is 43.4 Å². The molecule has 1 amide bonds. The lowest BCUT2D eigenvalue weighted by Crippen LogP contribution is -2.12. The number of amides is 1. The van der Waals surface area contributed by atoms with Crippen LogP contribution in [0.5, 0.6) is 0 Å². The largest absolute Gasteiger partial charge is 0.364 e. The number of rotatable bonds is 3. The number of nitrogens with two attached hydrogens (primary N) is 1. The molecule has 0 aliphatic heterocycles. The molecular formula is C11H16N2OS. The molecule has 82 valence electrons. The first-order chi connectivity index (χ1) is 7.25. The SMILES string of the molecule is NC(=O)c1nc(CC2CCCCC2)cs1. The molecule has 1 aliphatic carbocycles. The van der Waals surface area contributed by atoms with E-state index < -0.39 is 5.91 Å². The first-order valence-electron chi connectivity index (χ1n) is 5.50. The Hall–Kier alpha value is -0.900. The summed E-state index contributed by atoms with van der Waals surface area (Å²) in [6.45, 7) is 0. The van der Waals surface area contributed by atoms with Gasteiger partial charge >= 0.3 is 0 Å². The molecule has 0 bridgehead atoms. The lowest BCUT2D eigenvalue weighted by molar-refractivity contribution is 0.0999. The lowest BCUT2D eigenvalue weighted by atomic mass is 9.86. The predicted octanol–water partition coefficient (Wildman–Crippen LogP) is 2.36. The predicted molar refractivity (Wildman–Crippen MR) is 60.9 cm³/mol. The molecule has 3 nitrogen and oxygen atoms in total. The highest BCUT2D eigenvalue weighted by molar-refractivity contribution is 7.11. The van der Waals surface area contributed by atoms with Gasteiger partial charge in [-0.1, -0.05) is 32.1 Å². The number of carbonyl (C=O) groups excluding carboxylic acids is 1. The van der Waals surface area contributed by atoms with Gasteiger partial charge in [-0.05, 0) is 12.3 Å². The summed E-state index contributed by atoms with van der Waals surface area (Å²) in [6.07, 6.45) is 7.70. The topological polar surface area (TPSA) is 56.0 Å². The van der Waals surface area contributed by atoms with Gasteiger partial charge in [0, 0.05) is 5.38 Å². The Morgan fingerprint density at radius 2 is 2.20 bits per heavy atom. The molecule has 1 heterocycles. The summed E-state index contributed by atoms with van der Waals surface area (Å²) in [5.41, 5.74) is 6.21. The van der Waals surface area contributed by atoms with Gasteiger partial charge in [-0.3, -0.25) is 4.79 Å². The number of hydrogen-bond acceptors (Lipinski definition) is 3. The van der Waals surface area contributed by atoms with Crippen molar-refractivity contribution in [2.24, 2.45) is 11.7 Å². The number of thiazole rings is 1. The fourth-order valence-electron chi connectivity index (χ4n) is 2.20. The molecule has 0 unspecified atom stereocenters. The van der Waals surface area contributed by atoms with Gasteiger partial charge in [0.2, 0.25) is 0 Å². The lowest BCUT2D eigenvalue weighted by Gasteiger charge is -2.20. The highest BCUT2D eigenvalue weighted by Gasteiger charge is 2.16. The Morgan fingerprint density at radius 3 is 2.80 bits per heavy atom. The van der Waals surface area contributed by atoms with Crippen LogP contribution in [-0.2, 0) is 6.42 Å². The minimum atomic E-state index is -0.408. The smallest absolute Gasteiger partial charge is 0.277 e. The zero-order valence-corrected chi connectivity index (χ0v) is 9.55. The van der Waals surface area contributed by atoms with E-state index in [1.54, 1.807) is 0 Å². The van der Waals surface area contributed by atoms with Crippen LogP contribution in [0.4, 0.5) is 0 Å². The Bertz CT molecular complexity index is 342. The molecule has 0 atom stereocenters. The monoisotopic (exact) mass is 224 g/mol. The van der Waals surface area contributed by atoms with E-state index in [0.717, 1.165) is 18.0 Å². The number of aromatic nitrogens is 1. The van der Waals surface area contributed by atoms with E-state index in [9.17, 15) is 4.79 Å². The maximum absolute atomic E-state index is 10.9. The van der Waals surface area contributed by atoms with E-state index in [1.807, 2.05) is 5.38 Å². The van der Waals surface area contributed by atoms with Crippen molar-refractivity contribution in [3.63, 3.8) is 0 Å². The quantitative estimate of drug-likeness (QED) is 0.857. The van der Waals surface area contributed by atoms with Crippen molar-refractivity contribution in [1.29, 1.82) is 0 Å². The summed E-state index contributed by atoms with van der Waals surface area (Å²) in [5, 5.41) is 2.41. The molecule has 1 fully saturated rings. The Morgan fingerprint density at radius 1 is 1.47 bits per heavy atom. The van der Waals surface area contributed by atoms with Gasteiger partial charge in [-0.15, -0.1) is 11.3 Å². The third-order valence-electron chi connectivity index (χ3n) is 2.99. The summed E-state index contributed by atoms with van der Waals surface area (Å²) in [7, 11) is 0. The van der Waals surface area contributed by atoms with Crippen molar-refractivity contribution in [2.75, 3.05) is 0 Å². The molecule has 1 saturated carbocycles. The zero-order chi connectivity index (χ0) is 10.7. The van der Waals surface area contributed by atoms with Gasteiger partial charge in [-0.25, -0.2) is 4.98 Å². The molecule has 1 aromatic heterocycles. The van der Waals surface area contributed by atoms with Crippen molar-refractivity contribution in [3.8, 4) is 0 Å². The summed E-state index contributed by atoms with van der Waals surface area (Å²) in [6, 6.07) is 0. The van der Waals surface area contributed by atoms with E-state index in [0.29, 0.717) is 5.01 Å². The second-order valence-electron chi connectivity index (χ2n) is 4.22. The van der Waals surface area contributed by atoms with Gasteiger partial charge in [0.25, 0.3) is 5.91 Å². The molecule has 0 aromatic carbocycles. The highest BCUT2D eigenvalue weighted by Crippen LogP contribution is 2.27. The third-order valence-corrected chi connectivity index (χ3v) is 3.89. The van der Waals surface area contributed by atoms with Crippen LogP contribution >= 0.6 is 11.3 Å². The van der Waals surface area contributed by atoms with Gasteiger partial charge in [0.15, 0.2) is 5.01 Å². The second kappa shape index (κ2) is 4.75. The average molecular weight is 224 g/mol. The molecule has 0 saturated heterocycles. The maximum atomic E-state index is 10.9. The number of carbonyl (C=O) groups is 1. The van der Waals surface area contributed by atoms with E-state index in [-0.39, 0.29) is 0 Å². The van der Waals surface area contributed by atoms with Crippen molar-refractivity contribution < 1.29 is 4.79 Å². The van der Waals surface area contributed by atoms with E-state index in [4.69, 9.17) is 5.73 Å². The van der Waals surface area contributed by atoms with Crippen LogP contribution in [-0.4, -0.2) is 10.9 Å². The molecule has 15 heavy (non-hydrogen) atoms. The van der Waals surface area contributed by atoms with Gasteiger partial charge in [0.1, 0.15) is 0 Å². The first kappa shape index (κ1) is 10.6. The number of hydrogen-bond donors (Lipinski definition) is 1. The zero-order valence-electron chi connectivity index (χ0n) is 8.74. The Balaban J connectivity index is 1.94. The number of nitrogens with zero attached hydrogens (tertiary/aromatic N) is 1. The minimum absolute atomic E-state index is 0.408. The summed E-state index contributed by atoms with van der Waals surface area (Å²) in [4.78, 5) is 15.1. The standard InChI is InChI=1S/C11H16N2OS/c12-10(14)11-13-9(7-15-11)6-8-4-2-1-3-5-8/h7-8H,1-6H2,(H2,12,14). The summed E-state index contributed by atoms with van der Waals surface area (Å²) < 4.78 is 0.